The van der Waals surface area contributed by atoms with E-state index >= 15 is 0 Å². The smallest absolute Gasteiger partial charge is 0.253 e. The van der Waals surface area contributed by atoms with Crippen LogP contribution in [0.4, 0.5) is 0 Å². The minimum absolute atomic E-state index is 0.0326. The van der Waals surface area contributed by atoms with Crippen molar-refractivity contribution in [1.82, 2.24) is 15.1 Å². The molecule has 0 radical (unpaired) electrons. The van der Waals surface area contributed by atoms with Crippen LogP contribution in [0.25, 0.3) is 0 Å². The van der Waals surface area contributed by atoms with Crippen LogP contribution in [0.2, 0.25) is 0 Å². The first kappa shape index (κ1) is 16.0. The van der Waals surface area contributed by atoms with Crippen molar-refractivity contribution in [1.29, 1.82) is 0 Å². The molecule has 6 heteroatoms. The highest BCUT2D eigenvalue weighted by Crippen LogP contribution is 2.12. The van der Waals surface area contributed by atoms with E-state index in [1.54, 1.807) is 0 Å². The molecule has 2 aliphatic rings. The summed E-state index contributed by atoms with van der Waals surface area (Å²) >= 11 is 0. The van der Waals surface area contributed by atoms with Gasteiger partial charge in [-0.05, 0) is 19.1 Å². The molecule has 2 atom stereocenters. The lowest BCUT2D eigenvalue weighted by Gasteiger charge is -2.38. The van der Waals surface area contributed by atoms with Crippen molar-refractivity contribution in [3.8, 4) is 0 Å². The second-order valence-corrected chi connectivity index (χ2v) is 5.99. The van der Waals surface area contributed by atoms with Crippen LogP contribution in [0.15, 0.2) is 30.3 Å². The maximum absolute atomic E-state index is 12.6. The molecule has 2 saturated heterocycles. The Morgan fingerprint density at radius 2 is 1.74 bits per heavy atom. The fourth-order valence-electron chi connectivity index (χ4n) is 3.10. The first-order valence-corrected chi connectivity index (χ1v) is 8.15. The summed E-state index contributed by atoms with van der Waals surface area (Å²) in [4.78, 5) is 28.7. The molecule has 6 nitrogen and oxygen atoms in total. The number of nitrogens with one attached hydrogen (secondary N) is 1. The van der Waals surface area contributed by atoms with Gasteiger partial charge in [0.05, 0.1) is 12.7 Å². The molecule has 0 unspecified atom stereocenters. The molecule has 0 aliphatic carbocycles. The second-order valence-electron chi connectivity index (χ2n) is 5.99. The quantitative estimate of drug-likeness (QED) is 0.855. The Morgan fingerprint density at radius 3 is 2.39 bits per heavy atom. The molecule has 124 valence electrons. The summed E-state index contributed by atoms with van der Waals surface area (Å²) in [6.45, 7) is 5.55. The minimum atomic E-state index is -0.278. The third-order valence-corrected chi connectivity index (χ3v) is 4.48. The molecular formula is C17H23N3O3. The summed E-state index contributed by atoms with van der Waals surface area (Å²) in [5, 5.41) is 3.23. The summed E-state index contributed by atoms with van der Waals surface area (Å²) in [5.74, 6) is 0.106. The van der Waals surface area contributed by atoms with Gasteiger partial charge in [-0.3, -0.25) is 9.59 Å². The number of hydrogen-bond donors (Lipinski definition) is 1. The Bertz CT molecular complexity index is 555. The highest BCUT2D eigenvalue weighted by molar-refractivity contribution is 5.94. The zero-order chi connectivity index (χ0) is 16.2. The van der Waals surface area contributed by atoms with Crippen LogP contribution in [0, 0.1) is 0 Å². The zero-order valence-electron chi connectivity index (χ0n) is 13.4. The van der Waals surface area contributed by atoms with Gasteiger partial charge in [0.15, 0.2) is 0 Å². The normalized spacial score (nSPS) is 25.3. The van der Waals surface area contributed by atoms with Gasteiger partial charge in [0.1, 0.15) is 6.04 Å². The SMILES string of the molecule is C[C@H]1OCCN[C@@H]1C(=O)N1CCN(C(=O)c2ccccc2)CC1. The molecule has 2 fully saturated rings. The lowest BCUT2D eigenvalue weighted by molar-refractivity contribution is -0.140. The summed E-state index contributed by atoms with van der Waals surface area (Å²) < 4.78 is 5.55. The average Bonchev–Trinajstić information content (AvgIpc) is 2.62. The molecule has 0 saturated carbocycles. The van der Waals surface area contributed by atoms with Crippen LogP contribution < -0.4 is 5.32 Å². The second kappa shape index (κ2) is 7.10. The fourth-order valence-corrected chi connectivity index (χ4v) is 3.10. The number of rotatable bonds is 2. The number of hydrogen-bond acceptors (Lipinski definition) is 4. The van der Waals surface area contributed by atoms with Gasteiger partial charge < -0.3 is 19.9 Å². The number of amides is 2. The largest absolute Gasteiger partial charge is 0.375 e. The van der Waals surface area contributed by atoms with Crippen molar-refractivity contribution < 1.29 is 14.3 Å². The van der Waals surface area contributed by atoms with Gasteiger partial charge >= 0.3 is 0 Å². The van der Waals surface area contributed by atoms with Gasteiger partial charge in [-0.25, -0.2) is 0 Å². The Balaban J connectivity index is 1.56. The molecule has 0 bridgehead atoms. The number of ether oxygens (including phenoxy) is 1. The molecule has 3 rings (SSSR count). The van der Waals surface area contributed by atoms with E-state index in [4.69, 9.17) is 4.74 Å². The zero-order valence-corrected chi connectivity index (χ0v) is 13.4. The van der Waals surface area contributed by atoms with E-state index in [-0.39, 0.29) is 24.0 Å². The van der Waals surface area contributed by atoms with Crippen LogP contribution in [0.5, 0.6) is 0 Å². The van der Waals surface area contributed by atoms with Gasteiger partial charge in [0, 0.05) is 38.3 Å². The van der Waals surface area contributed by atoms with Gasteiger partial charge in [-0.2, -0.15) is 0 Å². The van der Waals surface area contributed by atoms with Crippen molar-refractivity contribution in [2.75, 3.05) is 39.3 Å². The number of piperazine rings is 1. The third-order valence-electron chi connectivity index (χ3n) is 4.48. The number of carbonyl (C=O) groups excluding carboxylic acids is 2. The van der Waals surface area contributed by atoms with E-state index in [1.165, 1.54) is 0 Å². The van der Waals surface area contributed by atoms with Crippen molar-refractivity contribution in [2.24, 2.45) is 0 Å². The molecule has 0 aromatic heterocycles. The average molecular weight is 317 g/mol. The Hall–Kier alpha value is -1.92. The first-order valence-electron chi connectivity index (χ1n) is 8.15. The Labute approximate surface area is 136 Å². The van der Waals surface area contributed by atoms with Gasteiger partial charge in [-0.15, -0.1) is 0 Å². The Kier molecular flexibility index (Phi) is 4.93. The summed E-state index contributed by atoms with van der Waals surface area (Å²) in [6.07, 6.45) is -0.111. The van der Waals surface area contributed by atoms with Gasteiger partial charge in [0.25, 0.3) is 5.91 Å². The van der Waals surface area contributed by atoms with E-state index in [2.05, 4.69) is 5.32 Å². The number of morpholine rings is 1. The summed E-state index contributed by atoms with van der Waals surface area (Å²) in [7, 11) is 0. The van der Waals surface area contributed by atoms with E-state index in [0.29, 0.717) is 44.9 Å². The molecule has 2 heterocycles. The first-order chi connectivity index (χ1) is 11.2. The van der Waals surface area contributed by atoms with E-state index in [1.807, 2.05) is 47.1 Å². The molecular weight excluding hydrogens is 294 g/mol. The highest BCUT2D eigenvalue weighted by atomic mass is 16.5. The van der Waals surface area contributed by atoms with Crippen LogP contribution >= 0.6 is 0 Å². The van der Waals surface area contributed by atoms with Crippen LogP contribution in [-0.4, -0.2) is 73.1 Å². The molecule has 23 heavy (non-hydrogen) atoms. The number of benzene rings is 1. The summed E-state index contributed by atoms with van der Waals surface area (Å²) in [5.41, 5.74) is 0.697. The van der Waals surface area contributed by atoms with E-state index in [9.17, 15) is 9.59 Å². The predicted molar refractivity (Wildman–Crippen MR) is 86.1 cm³/mol. The van der Waals surface area contributed by atoms with Crippen molar-refractivity contribution in [3.63, 3.8) is 0 Å². The Morgan fingerprint density at radius 1 is 1.09 bits per heavy atom. The molecule has 1 aromatic rings. The van der Waals surface area contributed by atoms with Crippen molar-refractivity contribution in [3.05, 3.63) is 35.9 Å². The van der Waals surface area contributed by atoms with Crippen LogP contribution in [-0.2, 0) is 9.53 Å². The maximum Gasteiger partial charge on any atom is 0.253 e. The standard InChI is InChI=1S/C17H23N3O3/c1-13-15(18-7-12-23-13)17(22)20-10-8-19(9-11-20)16(21)14-5-3-2-4-6-14/h2-6,13,15,18H,7-12H2,1H3/t13-,15+/m1/s1. The van der Waals surface area contributed by atoms with Crippen molar-refractivity contribution >= 4 is 11.8 Å². The highest BCUT2D eigenvalue weighted by Gasteiger charge is 2.33. The number of nitrogens with zero attached hydrogens (tertiary/aromatic N) is 2. The topological polar surface area (TPSA) is 61.9 Å². The predicted octanol–water partition coefficient (Wildman–Crippen LogP) is 0.348. The monoisotopic (exact) mass is 317 g/mol. The molecule has 2 amide bonds. The lowest BCUT2D eigenvalue weighted by Crippen LogP contribution is -2.60. The third kappa shape index (κ3) is 3.54. The van der Waals surface area contributed by atoms with Gasteiger partial charge in [-0.1, -0.05) is 18.2 Å². The van der Waals surface area contributed by atoms with E-state index in [0.717, 1.165) is 0 Å². The number of carbonyl (C=O) groups is 2. The van der Waals surface area contributed by atoms with Gasteiger partial charge in [0.2, 0.25) is 5.91 Å². The van der Waals surface area contributed by atoms with Crippen LogP contribution in [0.3, 0.4) is 0 Å². The molecule has 1 N–H and O–H groups in total. The van der Waals surface area contributed by atoms with E-state index < -0.39 is 0 Å². The molecule has 2 aliphatic heterocycles. The maximum atomic E-state index is 12.6. The van der Waals surface area contributed by atoms with Crippen molar-refractivity contribution in [2.45, 2.75) is 19.1 Å². The van der Waals surface area contributed by atoms with Crippen LogP contribution in [0.1, 0.15) is 17.3 Å². The lowest BCUT2D eigenvalue weighted by atomic mass is 10.1. The fraction of sp³-hybridized carbons (Fsp3) is 0.529. The molecule has 0 spiro atoms. The minimum Gasteiger partial charge on any atom is -0.375 e. The summed E-state index contributed by atoms with van der Waals surface area (Å²) in [6, 6.07) is 9.00. The molecule has 1 aromatic carbocycles.